The minimum atomic E-state index is -4.45. The lowest BCUT2D eigenvalue weighted by Crippen LogP contribution is -2.49. The highest BCUT2D eigenvalue weighted by Crippen LogP contribution is 2.28. The summed E-state index contributed by atoms with van der Waals surface area (Å²) in [5, 5.41) is 0. The second-order valence-electron chi connectivity index (χ2n) is 5.98. The number of halogens is 3. The van der Waals surface area contributed by atoms with Crippen molar-refractivity contribution in [3.8, 4) is 0 Å². The predicted octanol–water partition coefficient (Wildman–Crippen LogP) is 2.39. The Kier molecular flexibility index (Phi) is 5.43. The van der Waals surface area contributed by atoms with Gasteiger partial charge in [-0.1, -0.05) is 6.08 Å². The van der Waals surface area contributed by atoms with Gasteiger partial charge >= 0.3 is 6.18 Å². The molecule has 0 radical (unpaired) electrons. The van der Waals surface area contributed by atoms with Crippen LogP contribution in [0.4, 0.5) is 19.1 Å². The van der Waals surface area contributed by atoms with Gasteiger partial charge in [0.1, 0.15) is 5.76 Å². The summed E-state index contributed by atoms with van der Waals surface area (Å²) >= 11 is 0. The number of rotatable bonds is 5. The molecule has 0 spiro atoms. The van der Waals surface area contributed by atoms with Crippen molar-refractivity contribution < 1.29 is 22.7 Å². The van der Waals surface area contributed by atoms with E-state index >= 15 is 0 Å². The zero-order valence-corrected chi connectivity index (χ0v) is 14.1. The molecule has 1 aromatic heterocycles. The Bertz CT molecular complexity index is 693. The maximum atomic E-state index is 12.5. The topological polar surface area (TPSA) is 58.6 Å². The van der Waals surface area contributed by atoms with Crippen LogP contribution in [0.25, 0.3) is 0 Å². The molecule has 0 saturated carbocycles. The number of allylic oxidation sites excluding steroid dienone is 3. The summed E-state index contributed by atoms with van der Waals surface area (Å²) in [4.78, 5) is 23.3. The Morgan fingerprint density at radius 3 is 2.42 bits per heavy atom. The molecule has 6 nitrogen and oxygen atoms in total. The Morgan fingerprint density at radius 2 is 1.85 bits per heavy atom. The third-order valence-electron chi connectivity index (χ3n) is 4.20. The first kappa shape index (κ1) is 18.2. The third-order valence-corrected chi connectivity index (χ3v) is 4.20. The van der Waals surface area contributed by atoms with Crippen LogP contribution in [-0.4, -0.2) is 53.6 Å². The molecule has 1 aliphatic carbocycles. The van der Waals surface area contributed by atoms with Crippen molar-refractivity contribution in [3.63, 3.8) is 0 Å². The minimum absolute atomic E-state index is 0.000522. The van der Waals surface area contributed by atoms with Crippen LogP contribution in [-0.2, 0) is 15.7 Å². The lowest BCUT2D eigenvalue weighted by Gasteiger charge is -2.34. The summed E-state index contributed by atoms with van der Waals surface area (Å²) in [7, 11) is 0. The van der Waals surface area contributed by atoms with Crippen molar-refractivity contribution in [3.05, 3.63) is 41.9 Å². The normalized spacial score (nSPS) is 17.4. The lowest BCUT2D eigenvalue weighted by atomic mass is 10.3. The number of carbonyl (C=O) groups is 1. The zero-order valence-electron chi connectivity index (χ0n) is 14.1. The molecule has 0 bridgehead atoms. The molecular weight excluding hydrogens is 349 g/mol. The van der Waals surface area contributed by atoms with Crippen LogP contribution >= 0.6 is 0 Å². The van der Waals surface area contributed by atoms with E-state index in [0.29, 0.717) is 39.2 Å². The standard InChI is InChI=1S/C17H19F3N4O2/c18-17(19,20)13-11-21-16(22-12-13)24-8-6-23(7-9-24)15(25)5-10-26-14-3-1-2-4-14/h1,3-4,11-12H,2,5-10H2. The monoisotopic (exact) mass is 368 g/mol. The van der Waals surface area contributed by atoms with Crippen molar-refractivity contribution >= 4 is 11.9 Å². The van der Waals surface area contributed by atoms with Crippen LogP contribution in [0, 0.1) is 0 Å². The molecule has 2 heterocycles. The van der Waals surface area contributed by atoms with Gasteiger partial charge in [-0.15, -0.1) is 0 Å². The molecule has 0 aromatic carbocycles. The Labute approximate surface area is 149 Å². The van der Waals surface area contributed by atoms with E-state index in [0.717, 1.165) is 24.6 Å². The Balaban J connectivity index is 1.44. The summed E-state index contributed by atoms with van der Waals surface area (Å²) in [5.41, 5.74) is -0.873. The number of carbonyl (C=O) groups excluding carboxylic acids is 1. The second-order valence-corrected chi connectivity index (χ2v) is 5.98. The number of ether oxygens (including phenoxy) is 1. The first-order valence-corrected chi connectivity index (χ1v) is 8.35. The minimum Gasteiger partial charge on any atom is -0.493 e. The van der Waals surface area contributed by atoms with Crippen molar-refractivity contribution in [2.75, 3.05) is 37.7 Å². The Hall–Kier alpha value is -2.58. The number of amides is 1. The van der Waals surface area contributed by atoms with Gasteiger partial charge in [0.2, 0.25) is 11.9 Å². The molecule has 26 heavy (non-hydrogen) atoms. The molecule has 1 aromatic rings. The number of hydrogen-bond acceptors (Lipinski definition) is 5. The number of hydrogen-bond donors (Lipinski definition) is 0. The van der Waals surface area contributed by atoms with Gasteiger partial charge in [0.05, 0.1) is 18.6 Å². The van der Waals surface area contributed by atoms with E-state index in [1.807, 2.05) is 18.2 Å². The number of alkyl halides is 3. The number of aromatic nitrogens is 2. The predicted molar refractivity (Wildman–Crippen MR) is 88.2 cm³/mol. The van der Waals surface area contributed by atoms with Crippen molar-refractivity contribution in [1.29, 1.82) is 0 Å². The van der Waals surface area contributed by atoms with Gasteiger partial charge in [-0.3, -0.25) is 4.79 Å². The largest absolute Gasteiger partial charge is 0.493 e. The van der Waals surface area contributed by atoms with E-state index in [2.05, 4.69) is 9.97 Å². The smallest absolute Gasteiger partial charge is 0.419 e. The van der Waals surface area contributed by atoms with Crippen LogP contribution in [0.1, 0.15) is 18.4 Å². The van der Waals surface area contributed by atoms with E-state index < -0.39 is 11.7 Å². The first-order valence-electron chi connectivity index (χ1n) is 8.35. The van der Waals surface area contributed by atoms with E-state index in [1.165, 1.54) is 0 Å². The first-order chi connectivity index (χ1) is 12.4. The van der Waals surface area contributed by atoms with Gasteiger partial charge in [-0.05, 0) is 18.6 Å². The van der Waals surface area contributed by atoms with Gasteiger partial charge in [-0.2, -0.15) is 13.2 Å². The summed E-state index contributed by atoms with van der Waals surface area (Å²) in [5.74, 6) is 1.04. The van der Waals surface area contributed by atoms with Crippen LogP contribution in [0.3, 0.4) is 0 Å². The second kappa shape index (κ2) is 7.76. The van der Waals surface area contributed by atoms with Crippen LogP contribution in [0.5, 0.6) is 0 Å². The summed E-state index contributed by atoms with van der Waals surface area (Å²) in [6.45, 7) is 2.24. The molecule has 3 rings (SSSR count). The SMILES string of the molecule is O=C(CCOC1=CCC=C1)N1CCN(c2ncc(C(F)(F)F)cn2)CC1. The highest BCUT2D eigenvalue weighted by atomic mass is 19.4. The molecule has 2 aliphatic rings. The summed E-state index contributed by atoms with van der Waals surface area (Å²) in [6, 6.07) is 0. The number of nitrogens with zero attached hydrogens (tertiary/aromatic N) is 4. The van der Waals surface area contributed by atoms with E-state index in [-0.39, 0.29) is 11.9 Å². The molecular formula is C17H19F3N4O2. The highest BCUT2D eigenvalue weighted by molar-refractivity contribution is 5.76. The maximum absolute atomic E-state index is 12.5. The van der Waals surface area contributed by atoms with Crippen molar-refractivity contribution in [2.24, 2.45) is 0 Å². The molecule has 1 saturated heterocycles. The molecule has 0 atom stereocenters. The number of anilines is 1. The molecule has 1 fully saturated rings. The van der Waals surface area contributed by atoms with Crippen LogP contribution < -0.4 is 4.90 Å². The maximum Gasteiger partial charge on any atom is 0.419 e. The van der Waals surface area contributed by atoms with Crippen LogP contribution in [0.15, 0.2) is 36.4 Å². The lowest BCUT2D eigenvalue weighted by molar-refractivity contribution is -0.138. The van der Waals surface area contributed by atoms with Gasteiger partial charge in [0.25, 0.3) is 0 Å². The molecule has 1 aliphatic heterocycles. The van der Waals surface area contributed by atoms with Crippen molar-refractivity contribution in [1.82, 2.24) is 14.9 Å². The molecule has 140 valence electrons. The quantitative estimate of drug-likeness (QED) is 0.799. The highest BCUT2D eigenvalue weighted by Gasteiger charge is 2.32. The fourth-order valence-corrected chi connectivity index (χ4v) is 2.74. The van der Waals surface area contributed by atoms with Crippen LogP contribution in [0.2, 0.25) is 0 Å². The molecule has 0 N–H and O–H groups in total. The van der Waals surface area contributed by atoms with Gasteiger partial charge in [-0.25, -0.2) is 9.97 Å². The Morgan fingerprint density at radius 1 is 1.15 bits per heavy atom. The average molecular weight is 368 g/mol. The van der Waals surface area contributed by atoms with E-state index in [9.17, 15) is 18.0 Å². The molecule has 1 amide bonds. The third kappa shape index (κ3) is 4.53. The fraction of sp³-hybridized carbons (Fsp3) is 0.471. The molecule has 0 unspecified atom stereocenters. The molecule has 9 heteroatoms. The van der Waals surface area contributed by atoms with Gasteiger partial charge in [0.15, 0.2) is 0 Å². The summed E-state index contributed by atoms with van der Waals surface area (Å²) in [6.07, 6.45) is 4.09. The zero-order chi connectivity index (χ0) is 18.6. The fourth-order valence-electron chi connectivity index (χ4n) is 2.74. The summed E-state index contributed by atoms with van der Waals surface area (Å²) < 4.78 is 43.1. The van der Waals surface area contributed by atoms with Crippen molar-refractivity contribution in [2.45, 2.75) is 19.0 Å². The van der Waals surface area contributed by atoms with E-state index in [1.54, 1.807) is 9.80 Å². The van der Waals surface area contributed by atoms with Gasteiger partial charge < -0.3 is 14.5 Å². The number of piperazine rings is 1. The average Bonchev–Trinajstić information content (AvgIpc) is 3.15. The van der Waals surface area contributed by atoms with Gasteiger partial charge in [0, 0.05) is 38.6 Å². The van der Waals surface area contributed by atoms with E-state index in [4.69, 9.17) is 4.74 Å².